The van der Waals surface area contributed by atoms with Gasteiger partial charge >= 0.3 is 0 Å². The fourth-order valence-electron chi connectivity index (χ4n) is 8.89. The molecule has 6 nitrogen and oxygen atoms in total. The van der Waals surface area contributed by atoms with Crippen LogP contribution in [-0.4, -0.2) is 30.5 Å². The van der Waals surface area contributed by atoms with E-state index in [1.54, 1.807) is 18.2 Å². The number of ether oxygens (including phenoxy) is 1. The number of anilines is 1. The van der Waals surface area contributed by atoms with Crippen molar-refractivity contribution in [3.05, 3.63) is 166 Å². The number of fused-ring (bicyclic) bond motifs is 5. The third-order valence-corrected chi connectivity index (χ3v) is 11.0. The molecule has 4 atom stereocenters. The Hall–Kier alpha value is -5.88. The number of methoxy groups -OCH3 is 1. The van der Waals surface area contributed by atoms with Crippen LogP contribution >= 0.6 is 0 Å². The van der Waals surface area contributed by atoms with Gasteiger partial charge in [-0.15, -0.1) is 0 Å². The number of benzene rings is 5. The summed E-state index contributed by atoms with van der Waals surface area (Å²) in [6.45, 7) is 5.46. The lowest BCUT2D eigenvalue weighted by Crippen LogP contribution is -2.45. The SMILES string of the molecule is COc1ccc(C(C)=O)cc1N1C(=O)[C@@H]2[C@H](C1=O)[C@]1(c3ccccc3)C(=O)[C@@]2(c2ccccc2)C(c2ccc(C)cc2)=C1c1ccc(C)cc1. The smallest absolute Gasteiger partial charge is 0.239 e. The predicted octanol–water partition coefficient (Wildman–Crippen LogP) is 7.70. The number of aryl methyl sites for hydroxylation is 2. The summed E-state index contributed by atoms with van der Waals surface area (Å²) in [5, 5.41) is 0. The molecule has 0 N–H and O–H groups in total. The highest BCUT2D eigenvalue weighted by Crippen LogP contribution is 2.74. The van der Waals surface area contributed by atoms with Gasteiger partial charge in [-0.25, -0.2) is 4.90 Å². The van der Waals surface area contributed by atoms with Crippen LogP contribution in [0.5, 0.6) is 5.75 Å². The first-order valence-electron chi connectivity index (χ1n) is 16.8. The maximum Gasteiger partial charge on any atom is 0.239 e. The molecule has 3 aliphatic rings. The largest absolute Gasteiger partial charge is 0.495 e. The number of hydrogen-bond donors (Lipinski definition) is 0. The lowest BCUT2D eigenvalue weighted by Gasteiger charge is -2.39. The van der Waals surface area contributed by atoms with E-state index in [1.807, 2.05) is 123 Å². The summed E-state index contributed by atoms with van der Waals surface area (Å²) in [6.07, 6.45) is 0. The average Bonchev–Trinajstić information content (AvgIpc) is 3.64. The van der Waals surface area contributed by atoms with Crippen molar-refractivity contribution in [2.45, 2.75) is 31.6 Å². The van der Waals surface area contributed by atoms with E-state index in [9.17, 15) is 4.79 Å². The highest BCUT2D eigenvalue weighted by Gasteiger charge is 2.82. The van der Waals surface area contributed by atoms with Gasteiger partial charge in [0.2, 0.25) is 11.8 Å². The first-order chi connectivity index (χ1) is 24.2. The highest BCUT2D eigenvalue weighted by molar-refractivity contribution is 6.39. The zero-order chi connectivity index (χ0) is 34.9. The van der Waals surface area contributed by atoms with Crippen molar-refractivity contribution in [2.75, 3.05) is 12.0 Å². The van der Waals surface area contributed by atoms with Crippen molar-refractivity contribution in [3.8, 4) is 5.75 Å². The van der Waals surface area contributed by atoms with E-state index in [1.165, 1.54) is 18.9 Å². The normalized spacial score (nSPS) is 23.8. The number of amides is 2. The van der Waals surface area contributed by atoms with Crippen LogP contribution in [-0.2, 0) is 25.2 Å². The molecular formula is C44H35NO5. The molecule has 2 fully saturated rings. The van der Waals surface area contributed by atoms with Crippen molar-refractivity contribution in [1.82, 2.24) is 0 Å². The van der Waals surface area contributed by atoms with Gasteiger partial charge in [-0.05, 0) is 72.4 Å². The lowest BCUT2D eigenvalue weighted by molar-refractivity contribution is -0.130. The quantitative estimate of drug-likeness (QED) is 0.132. The molecule has 1 aliphatic heterocycles. The van der Waals surface area contributed by atoms with Crippen molar-refractivity contribution >= 4 is 40.2 Å². The van der Waals surface area contributed by atoms with Gasteiger partial charge in [0.1, 0.15) is 5.75 Å². The zero-order valence-electron chi connectivity index (χ0n) is 28.3. The monoisotopic (exact) mass is 657 g/mol. The summed E-state index contributed by atoms with van der Waals surface area (Å²) in [4.78, 5) is 60.5. The van der Waals surface area contributed by atoms with Crippen molar-refractivity contribution in [1.29, 1.82) is 0 Å². The second-order valence-electron chi connectivity index (χ2n) is 13.6. The molecule has 2 amide bonds. The lowest BCUT2D eigenvalue weighted by atomic mass is 9.59. The fourth-order valence-corrected chi connectivity index (χ4v) is 8.89. The Morgan fingerprint density at radius 3 is 1.46 bits per heavy atom. The zero-order valence-corrected chi connectivity index (χ0v) is 28.3. The molecule has 6 heteroatoms. The molecule has 0 unspecified atom stereocenters. The van der Waals surface area contributed by atoms with Crippen LogP contribution in [0.2, 0.25) is 0 Å². The summed E-state index contributed by atoms with van der Waals surface area (Å²) in [6, 6.07) is 39.8. The molecule has 50 heavy (non-hydrogen) atoms. The standard InChI is InChI=1S/C44H35NO5/c1-26-15-19-29(20-16-26)36-37(30-21-17-27(2)18-22-30)44(33-13-9-6-10-14-33)39-38(43(36,42(44)49)32-11-7-5-8-12-32)40(47)45(41(39)48)34-25-31(28(3)46)23-24-35(34)50-4/h5-25,38-39H,1-4H3/t38-,39+,43-,44+. The minimum atomic E-state index is -1.52. The van der Waals surface area contributed by atoms with Gasteiger partial charge in [-0.2, -0.15) is 0 Å². The summed E-state index contributed by atoms with van der Waals surface area (Å²) < 4.78 is 5.69. The van der Waals surface area contributed by atoms with Gasteiger partial charge in [-0.3, -0.25) is 19.2 Å². The van der Waals surface area contributed by atoms with Gasteiger partial charge < -0.3 is 4.74 Å². The Balaban J connectivity index is 1.54. The predicted molar refractivity (Wildman–Crippen MR) is 193 cm³/mol. The molecule has 0 radical (unpaired) electrons. The number of rotatable bonds is 7. The Labute approximate surface area is 291 Å². The van der Waals surface area contributed by atoms with Crippen LogP contribution < -0.4 is 9.64 Å². The summed E-state index contributed by atoms with van der Waals surface area (Å²) in [5.41, 5.74) is 4.00. The Morgan fingerprint density at radius 1 is 0.620 bits per heavy atom. The number of imide groups is 1. The topological polar surface area (TPSA) is 80.8 Å². The fraction of sp³-hybridized carbons (Fsp3) is 0.182. The van der Waals surface area contributed by atoms with Crippen LogP contribution in [0.15, 0.2) is 127 Å². The molecule has 1 heterocycles. The number of allylic oxidation sites excluding steroid dienone is 2. The van der Waals surface area contributed by atoms with Crippen LogP contribution in [0, 0.1) is 25.7 Å². The number of hydrogen-bond acceptors (Lipinski definition) is 5. The second-order valence-corrected chi connectivity index (χ2v) is 13.6. The molecule has 0 aromatic heterocycles. The summed E-state index contributed by atoms with van der Waals surface area (Å²) in [5.74, 6) is -3.28. The van der Waals surface area contributed by atoms with E-state index in [-0.39, 0.29) is 23.0 Å². The van der Waals surface area contributed by atoms with Gasteiger partial charge in [0.25, 0.3) is 0 Å². The van der Waals surface area contributed by atoms with Crippen molar-refractivity contribution < 1.29 is 23.9 Å². The highest BCUT2D eigenvalue weighted by atomic mass is 16.5. The van der Waals surface area contributed by atoms with E-state index in [2.05, 4.69) is 0 Å². The molecule has 2 aliphatic carbocycles. The molecule has 8 rings (SSSR count). The van der Waals surface area contributed by atoms with E-state index < -0.39 is 34.5 Å². The Kier molecular flexibility index (Phi) is 7.12. The van der Waals surface area contributed by atoms with Crippen LogP contribution in [0.1, 0.15) is 50.7 Å². The Morgan fingerprint density at radius 2 is 1.06 bits per heavy atom. The van der Waals surface area contributed by atoms with Crippen LogP contribution in [0.4, 0.5) is 5.69 Å². The van der Waals surface area contributed by atoms with Gasteiger partial charge in [0, 0.05) is 5.56 Å². The maximum atomic E-state index is 16.1. The number of ketones is 2. The minimum absolute atomic E-state index is 0.186. The molecule has 5 aromatic rings. The van der Waals surface area contributed by atoms with Crippen LogP contribution in [0.3, 0.4) is 0 Å². The molecule has 5 aromatic carbocycles. The van der Waals surface area contributed by atoms with Crippen molar-refractivity contribution in [2.24, 2.45) is 11.8 Å². The number of Topliss-reactive ketones (excluding diaryl/α,β-unsaturated/α-hetero) is 2. The van der Waals surface area contributed by atoms with E-state index >= 15 is 14.4 Å². The molecule has 246 valence electrons. The minimum Gasteiger partial charge on any atom is -0.495 e. The first kappa shape index (κ1) is 31.4. The third-order valence-electron chi connectivity index (χ3n) is 11.0. The number of carbonyl (C=O) groups is 4. The number of carbonyl (C=O) groups excluding carboxylic acids is 4. The maximum absolute atomic E-state index is 16.1. The number of nitrogens with zero attached hydrogens (tertiary/aromatic N) is 1. The third kappa shape index (κ3) is 4.02. The van der Waals surface area contributed by atoms with E-state index in [4.69, 9.17) is 4.74 Å². The molecule has 1 saturated carbocycles. The first-order valence-corrected chi connectivity index (χ1v) is 16.8. The Bertz CT molecular complexity index is 2130. The van der Waals surface area contributed by atoms with Gasteiger partial charge in [0.05, 0.1) is 35.5 Å². The van der Waals surface area contributed by atoms with Gasteiger partial charge in [0.15, 0.2) is 11.6 Å². The van der Waals surface area contributed by atoms with Gasteiger partial charge in [-0.1, -0.05) is 120 Å². The average molecular weight is 658 g/mol. The van der Waals surface area contributed by atoms with E-state index in [0.717, 1.165) is 33.4 Å². The molecule has 1 saturated heterocycles. The van der Waals surface area contributed by atoms with Crippen molar-refractivity contribution in [3.63, 3.8) is 0 Å². The van der Waals surface area contributed by atoms with Crippen LogP contribution in [0.25, 0.3) is 11.1 Å². The summed E-state index contributed by atoms with van der Waals surface area (Å²) in [7, 11) is 1.47. The molecule has 0 spiro atoms. The summed E-state index contributed by atoms with van der Waals surface area (Å²) >= 11 is 0. The molecular weight excluding hydrogens is 622 g/mol. The van der Waals surface area contributed by atoms with E-state index in [0.29, 0.717) is 16.7 Å². The second kappa shape index (κ2) is 11.3. The molecule has 2 bridgehead atoms.